The molecule has 3 rings (SSSR count). The summed E-state index contributed by atoms with van der Waals surface area (Å²) in [5.74, 6) is 0.328. The summed E-state index contributed by atoms with van der Waals surface area (Å²) in [4.78, 5) is 31.6. The van der Waals surface area contributed by atoms with E-state index in [1.165, 1.54) is 4.57 Å². The number of hydrogen-bond acceptors (Lipinski definition) is 6. The van der Waals surface area contributed by atoms with Crippen molar-refractivity contribution in [1.82, 2.24) is 14.5 Å². The van der Waals surface area contributed by atoms with Crippen molar-refractivity contribution < 1.29 is 4.79 Å². The minimum atomic E-state index is -0.369. The van der Waals surface area contributed by atoms with Gasteiger partial charge in [-0.3, -0.25) is 9.59 Å². The van der Waals surface area contributed by atoms with Crippen molar-refractivity contribution in [2.45, 2.75) is 0 Å². The second-order valence-corrected chi connectivity index (χ2v) is 6.86. The Morgan fingerprint density at radius 3 is 2.61 bits per heavy atom. The maximum absolute atomic E-state index is 12.7. The van der Waals surface area contributed by atoms with E-state index in [0.29, 0.717) is 17.1 Å². The number of rotatable bonds is 6. The van der Waals surface area contributed by atoms with Crippen molar-refractivity contribution in [3.05, 3.63) is 58.5 Å². The van der Waals surface area contributed by atoms with Crippen LogP contribution in [0.1, 0.15) is 10.4 Å². The summed E-state index contributed by atoms with van der Waals surface area (Å²) in [5.41, 5.74) is 7.28. The molecule has 0 bridgehead atoms. The third-order valence-corrected chi connectivity index (χ3v) is 4.39. The Morgan fingerprint density at radius 2 is 1.93 bits per heavy atom. The van der Waals surface area contributed by atoms with Gasteiger partial charge in [-0.05, 0) is 44.4 Å². The first-order valence-corrected chi connectivity index (χ1v) is 8.90. The number of hydrogen-bond donors (Lipinski definition) is 3. The number of nitrogens with zero attached hydrogens (tertiary/aromatic N) is 3. The van der Waals surface area contributed by atoms with E-state index in [4.69, 9.17) is 5.73 Å². The quantitative estimate of drug-likeness (QED) is 0.563. The lowest BCUT2D eigenvalue weighted by molar-refractivity contribution is 0.102. The standard InChI is InChI=1S/C20H24N6O2/c1-25(2)9-8-22-18-11-17-14(12-23-18)10-16(20(28)26(17)3)24-19(27)13-4-6-15(21)7-5-13/h4-7,10-12H,8-9,21H2,1-3H3,(H,22,23)(H,24,27). The minimum Gasteiger partial charge on any atom is -0.399 e. The molecule has 0 radical (unpaired) electrons. The lowest BCUT2D eigenvalue weighted by Gasteiger charge is -2.13. The van der Waals surface area contributed by atoms with Gasteiger partial charge < -0.3 is 25.8 Å². The van der Waals surface area contributed by atoms with Crippen LogP contribution in [0.3, 0.4) is 0 Å². The molecule has 8 nitrogen and oxygen atoms in total. The monoisotopic (exact) mass is 380 g/mol. The molecular weight excluding hydrogens is 356 g/mol. The predicted octanol–water partition coefficient (Wildman–Crippen LogP) is 1.74. The number of amides is 1. The number of aromatic nitrogens is 2. The van der Waals surface area contributed by atoms with E-state index in [0.717, 1.165) is 24.0 Å². The van der Waals surface area contributed by atoms with E-state index in [9.17, 15) is 9.59 Å². The molecule has 1 amide bonds. The van der Waals surface area contributed by atoms with Gasteiger partial charge in [0.1, 0.15) is 11.5 Å². The van der Waals surface area contributed by atoms with Crippen LogP contribution >= 0.6 is 0 Å². The van der Waals surface area contributed by atoms with Crippen molar-refractivity contribution in [1.29, 1.82) is 0 Å². The van der Waals surface area contributed by atoms with Crippen LogP contribution in [-0.2, 0) is 7.05 Å². The van der Waals surface area contributed by atoms with Gasteiger partial charge in [-0.15, -0.1) is 0 Å². The number of nitrogen functional groups attached to an aromatic ring is 1. The maximum atomic E-state index is 12.7. The number of aryl methyl sites for hydroxylation is 1. The lowest BCUT2D eigenvalue weighted by Crippen LogP contribution is -2.25. The Morgan fingerprint density at radius 1 is 1.21 bits per heavy atom. The van der Waals surface area contributed by atoms with E-state index in [-0.39, 0.29) is 17.2 Å². The Bertz CT molecular complexity index is 1060. The van der Waals surface area contributed by atoms with Gasteiger partial charge in [0.15, 0.2) is 0 Å². The Hall–Kier alpha value is -3.39. The first-order chi connectivity index (χ1) is 13.3. The van der Waals surface area contributed by atoms with Crippen molar-refractivity contribution in [2.75, 3.05) is 43.6 Å². The maximum Gasteiger partial charge on any atom is 0.274 e. The van der Waals surface area contributed by atoms with Gasteiger partial charge in [0.25, 0.3) is 11.5 Å². The Kier molecular flexibility index (Phi) is 5.60. The van der Waals surface area contributed by atoms with Gasteiger partial charge in [0, 0.05) is 49.0 Å². The zero-order chi connectivity index (χ0) is 20.3. The number of anilines is 3. The van der Waals surface area contributed by atoms with Gasteiger partial charge in [0.2, 0.25) is 0 Å². The van der Waals surface area contributed by atoms with Gasteiger partial charge in [0.05, 0.1) is 5.52 Å². The van der Waals surface area contributed by atoms with Crippen LogP contribution in [-0.4, -0.2) is 47.5 Å². The Balaban J connectivity index is 1.86. The molecular formula is C20H24N6O2. The first-order valence-electron chi connectivity index (χ1n) is 8.90. The van der Waals surface area contributed by atoms with E-state index in [2.05, 4.69) is 20.5 Å². The summed E-state index contributed by atoms with van der Waals surface area (Å²) in [5, 5.41) is 6.68. The number of likely N-dealkylation sites (N-methyl/N-ethyl adjacent to an activating group) is 1. The summed E-state index contributed by atoms with van der Waals surface area (Å²) in [6.45, 7) is 1.62. The molecule has 0 fully saturated rings. The van der Waals surface area contributed by atoms with Gasteiger partial charge in [-0.1, -0.05) is 0 Å². The molecule has 0 spiro atoms. The summed E-state index contributed by atoms with van der Waals surface area (Å²) in [7, 11) is 5.67. The number of fused-ring (bicyclic) bond motifs is 1. The van der Waals surface area contributed by atoms with Crippen molar-refractivity contribution >= 4 is 34.0 Å². The smallest absolute Gasteiger partial charge is 0.274 e. The van der Waals surface area contributed by atoms with Gasteiger partial charge >= 0.3 is 0 Å². The average Bonchev–Trinajstić information content (AvgIpc) is 2.66. The number of nitrogens with two attached hydrogens (primary N) is 1. The molecule has 0 unspecified atom stereocenters. The van der Waals surface area contributed by atoms with Crippen LogP contribution in [0.2, 0.25) is 0 Å². The third kappa shape index (κ3) is 4.29. The van der Waals surface area contributed by atoms with Crippen molar-refractivity contribution in [3.63, 3.8) is 0 Å². The van der Waals surface area contributed by atoms with Crippen LogP contribution in [0, 0.1) is 0 Å². The molecule has 2 aromatic heterocycles. The number of pyridine rings is 2. The summed E-state index contributed by atoms with van der Waals surface area (Å²) in [6, 6.07) is 9.98. The molecule has 28 heavy (non-hydrogen) atoms. The van der Waals surface area contributed by atoms with Crippen LogP contribution in [0.5, 0.6) is 0 Å². The Labute approximate surface area is 163 Å². The van der Waals surface area contributed by atoms with Crippen LogP contribution < -0.4 is 21.9 Å². The molecule has 0 atom stereocenters. The highest BCUT2D eigenvalue weighted by Gasteiger charge is 2.12. The summed E-state index contributed by atoms with van der Waals surface area (Å²) >= 11 is 0. The second kappa shape index (κ2) is 8.10. The first kappa shape index (κ1) is 19.4. The average molecular weight is 380 g/mol. The summed E-state index contributed by atoms with van der Waals surface area (Å²) < 4.78 is 1.51. The lowest BCUT2D eigenvalue weighted by atomic mass is 10.2. The van der Waals surface area contributed by atoms with Gasteiger partial charge in [-0.25, -0.2) is 4.98 Å². The fourth-order valence-electron chi connectivity index (χ4n) is 2.79. The second-order valence-electron chi connectivity index (χ2n) is 6.86. The zero-order valence-corrected chi connectivity index (χ0v) is 16.2. The topological polar surface area (TPSA) is 105 Å². The van der Waals surface area contributed by atoms with Gasteiger partial charge in [-0.2, -0.15) is 0 Å². The molecule has 0 saturated carbocycles. The summed E-state index contributed by atoms with van der Waals surface area (Å²) in [6.07, 6.45) is 1.69. The van der Waals surface area contributed by atoms with E-state index < -0.39 is 0 Å². The molecule has 3 aromatic rings. The fraction of sp³-hybridized carbons (Fsp3) is 0.250. The molecule has 4 N–H and O–H groups in total. The van der Waals surface area contributed by atoms with Crippen LogP contribution in [0.4, 0.5) is 17.2 Å². The van der Waals surface area contributed by atoms with E-state index in [1.807, 2.05) is 20.2 Å². The third-order valence-electron chi connectivity index (χ3n) is 4.39. The fourth-order valence-corrected chi connectivity index (χ4v) is 2.79. The largest absolute Gasteiger partial charge is 0.399 e. The van der Waals surface area contributed by atoms with E-state index in [1.54, 1.807) is 43.6 Å². The molecule has 146 valence electrons. The van der Waals surface area contributed by atoms with Crippen LogP contribution in [0.15, 0.2) is 47.4 Å². The SMILES string of the molecule is CN(C)CCNc1cc2c(cn1)cc(NC(=O)c1ccc(N)cc1)c(=O)n2C. The number of nitrogens with one attached hydrogen (secondary N) is 2. The predicted molar refractivity (Wildman–Crippen MR) is 113 cm³/mol. The van der Waals surface area contributed by atoms with E-state index >= 15 is 0 Å². The normalized spacial score (nSPS) is 11.0. The molecule has 0 aliphatic carbocycles. The van der Waals surface area contributed by atoms with Crippen LogP contribution in [0.25, 0.3) is 10.9 Å². The van der Waals surface area contributed by atoms with Crippen molar-refractivity contribution in [3.8, 4) is 0 Å². The molecule has 0 aliphatic rings. The molecule has 2 heterocycles. The highest BCUT2D eigenvalue weighted by Crippen LogP contribution is 2.18. The minimum absolute atomic E-state index is 0.201. The molecule has 8 heteroatoms. The molecule has 1 aromatic carbocycles. The highest BCUT2D eigenvalue weighted by molar-refractivity contribution is 6.05. The molecule has 0 aliphatic heterocycles. The zero-order valence-electron chi connectivity index (χ0n) is 16.2. The number of benzene rings is 1. The van der Waals surface area contributed by atoms with Crippen molar-refractivity contribution in [2.24, 2.45) is 7.05 Å². The molecule has 0 saturated heterocycles. The number of carbonyl (C=O) groups excluding carboxylic acids is 1. The highest BCUT2D eigenvalue weighted by atomic mass is 16.2. The number of carbonyl (C=O) groups is 1.